The van der Waals surface area contributed by atoms with Gasteiger partial charge in [-0.15, -0.1) is 0 Å². The summed E-state index contributed by atoms with van der Waals surface area (Å²) in [6.45, 7) is -0.0305. The van der Waals surface area contributed by atoms with Crippen LogP contribution in [0.4, 0.5) is 5.13 Å². The number of pyridine rings is 1. The predicted molar refractivity (Wildman–Crippen MR) is 102 cm³/mol. The number of hydrogen-bond donors (Lipinski definition) is 2. The van der Waals surface area contributed by atoms with Gasteiger partial charge in [-0.2, -0.15) is 0 Å². The van der Waals surface area contributed by atoms with E-state index in [0.29, 0.717) is 10.8 Å². The summed E-state index contributed by atoms with van der Waals surface area (Å²) in [6, 6.07) is 12.6. The van der Waals surface area contributed by atoms with Crippen LogP contribution in [0.15, 0.2) is 64.4 Å². The molecule has 0 unspecified atom stereocenters. The van der Waals surface area contributed by atoms with E-state index in [9.17, 15) is 14.4 Å². The van der Waals surface area contributed by atoms with Crippen LogP contribution in [0.1, 0.15) is 16.1 Å². The maximum Gasteiger partial charge on any atom is 0.328 e. The summed E-state index contributed by atoms with van der Waals surface area (Å²) in [4.78, 5) is 48.0. The number of thiazole rings is 1. The van der Waals surface area contributed by atoms with Gasteiger partial charge in [0.25, 0.3) is 11.5 Å². The number of carbonyl (C=O) groups excluding carboxylic acids is 1. The number of nitrogens with zero attached hydrogens (tertiary/aromatic N) is 3. The van der Waals surface area contributed by atoms with Crippen LogP contribution in [-0.4, -0.2) is 25.4 Å². The lowest BCUT2D eigenvalue weighted by molar-refractivity contribution is 0.102. The number of anilines is 1. The summed E-state index contributed by atoms with van der Waals surface area (Å²) in [5, 5.41) is 2.99. The minimum absolute atomic E-state index is 0.0305. The Morgan fingerprint density at radius 2 is 1.96 bits per heavy atom. The van der Waals surface area contributed by atoms with Crippen molar-refractivity contribution in [1.82, 2.24) is 19.5 Å². The number of hydrogen-bond acceptors (Lipinski definition) is 6. The smallest absolute Gasteiger partial charge is 0.313 e. The van der Waals surface area contributed by atoms with Crippen LogP contribution in [0, 0.1) is 0 Å². The van der Waals surface area contributed by atoms with Crippen molar-refractivity contribution in [1.29, 1.82) is 0 Å². The van der Waals surface area contributed by atoms with Crippen LogP contribution in [0.25, 0.3) is 10.2 Å². The fourth-order valence-corrected chi connectivity index (χ4v) is 3.42. The Labute approximate surface area is 156 Å². The maximum absolute atomic E-state index is 12.6. The van der Waals surface area contributed by atoms with Crippen LogP contribution in [0.3, 0.4) is 0 Å². The molecule has 4 rings (SSSR count). The highest BCUT2D eigenvalue weighted by molar-refractivity contribution is 7.22. The van der Waals surface area contributed by atoms with E-state index in [1.807, 2.05) is 24.3 Å². The lowest BCUT2D eigenvalue weighted by atomic mass is 10.3. The average molecular weight is 379 g/mol. The van der Waals surface area contributed by atoms with Crippen LogP contribution in [-0.2, 0) is 6.54 Å². The Hall–Kier alpha value is -3.59. The molecule has 0 aliphatic carbocycles. The van der Waals surface area contributed by atoms with Crippen LogP contribution in [0.2, 0.25) is 0 Å². The standard InChI is InChI=1S/C18H13N5O3S/c24-15(22-17-21-13-6-1-2-7-14(13)27-17)12-9-20-18(26)23(16(12)25)10-11-5-3-4-8-19-11/h1-9H,10H2,(H,20,26)(H,21,22,24). The highest BCUT2D eigenvalue weighted by Gasteiger charge is 2.17. The van der Waals surface area contributed by atoms with E-state index < -0.39 is 17.2 Å². The predicted octanol–water partition coefficient (Wildman–Crippen LogP) is 1.84. The van der Waals surface area contributed by atoms with Gasteiger partial charge < -0.3 is 4.98 Å². The van der Waals surface area contributed by atoms with Crippen molar-refractivity contribution in [2.75, 3.05) is 5.32 Å². The van der Waals surface area contributed by atoms with Crippen LogP contribution < -0.4 is 16.6 Å². The van der Waals surface area contributed by atoms with E-state index in [1.54, 1.807) is 24.4 Å². The number of rotatable bonds is 4. The van der Waals surface area contributed by atoms with Gasteiger partial charge in [0.15, 0.2) is 5.13 Å². The van der Waals surface area contributed by atoms with Crippen molar-refractivity contribution in [2.24, 2.45) is 0 Å². The average Bonchev–Trinajstić information content (AvgIpc) is 3.08. The molecule has 0 fully saturated rings. The summed E-state index contributed by atoms with van der Waals surface area (Å²) >= 11 is 1.30. The number of carbonyl (C=O) groups is 1. The zero-order valence-electron chi connectivity index (χ0n) is 13.9. The van der Waals surface area contributed by atoms with E-state index in [1.165, 1.54) is 11.3 Å². The minimum atomic E-state index is -0.692. The molecule has 1 aromatic carbocycles. The number of nitrogens with one attached hydrogen (secondary N) is 2. The third-order valence-electron chi connectivity index (χ3n) is 3.87. The molecule has 2 N–H and O–H groups in total. The Kier molecular flexibility index (Phi) is 4.35. The second-order valence-corrected chi connectivity index (χ2v) is 6.69. The van der Waals surface area contributed by atoms with Gasteiger partial charge in [-0.3, -0.25) is 24.5 Å². The molecular formula is C18H13N5O3S. The first-order chi connectivity index (χ1) is 13.1. The van der Waals surface area contributed by atoms with E-state index in [4.69, 9.17) is 0 Å². The van der Waals surface area contributed by atoms with Crippen molar-refractivity contribution in [3.8, 4) is 0 Å². The molecule has 0 saturated carbocycles. The van der Waals surface area contributed by atoms with Gasteiger partial charge in [0.1, 0.15) is 5.56 Å². The zero-order valence-corrected chi connectivity index (χ0v) is 14.7. The summed E-state index contributed by atoms with van der Waals surface area (Å²) < 4.78 is 1.86. The molecule has 3 heterocycles. The largest absolute Gasteiger partial charge is 0.328 e. The number of aromatic amines is 1. The molecule has 0 atom stereocenters. The normalized spacial score (nSPS) is 10.8. The Morgan fingerprint density at radius 1 is 1.15 bits per heavy atom. The molecule has 3 aromatic heterocycles. The van der Waals surface area contributed by atoms with Gasteiger partial charge >= 0.3 is 5.69 Å². The number of para-hydroxylation sites is 1. The van der Waals surface area contributed by atoms with Crippen molar-refractivity contribution in [3.05, 3.63) is 87.0 Å². The molecule has 1 amide bonds. The van der Waals surface area contributed by atoms with Gasteiger partial charge in [0, 0.05) is 12.4 Å². The lowest BCUT2D eigenvalue weighted by Crippen LogP contribution is -2.39. The van der Waals surface area contributed by atoms with Crippen molar-refractivity contribution in [3.63, 3.8) is 0 Å². The fourth-order valence-electron chi connectivity index (χ4n) is 2.56. The number of benzene rings is 1. The SMILES string of the molecule is O=C(Nc1nc2ccccc2s1)c1c[nH]c(=O)n(Cc2ccccn2)c1=O. The second kappa shape index (κ2) is 6.96. The second-order valence-electron chi connectivity index (χ2n) is 5.66. The Morgan fingerprint density at radius 3 is 2.74 bits per heavy atom. The van der Waals surface area contributed by atoms with Crippen molar-refractivity contribution in [2.45, 2.75) is 6.54 Å². The molecule has 9 heteroatoms. The van der Waals surface area contributed by atoms with Crippen molar-refractivity contribution < 1.29 is 4.79 Å². The first kappa shape index (κ1) is 16.9. The first-order valence-corrected chi connectivity index (χ1v) is 8.83. The van der Waals surface area contributed by atoms with Gasteiger partial charge in [-0.05, 0) is 24.3 Å². The van der Waals surface area contributed by atoms with E-state index >= 15 is 0 Å². The summed E-state index contributed by atoms with van der Waals surface area (Å²) in [5.41, 5.74) is -0.185. The molecule has 0 aliphatic heterocycles. The molecule has 0 bridgehead atoms. The molecule has 0 radical (unpaired) electrons. The van der Waals surface area contributed by atoms with Crippen LogP contribution >= 0.6 is 11.3 Å². The third kappa shape index (κ3) is 3.40. The maximum atomic E-state index is 12.6. The third-order valence-corrected chi connectivity index (χ3v) is 4.82. The molecule has 0 saturated heterocycles. The number of fused-ring (bicyclic) bond motifs is 1. The molecule has 8 nitrogen and oxygen atoms in total. The van der Waals surface area contributed by atoms with Crippen molar-refractivity contribution >= 4 is 32.6 Å². The quantitative estimate of drug-likeness (QED) is 0.562. The summed E-state index contributed by atoms with van der Waals surface area (Å²) in [5.74, 6) is -0.634. The van der Waals surface area contributed by atoms with E-state index in [0.717, 1.165) is 21.0 Å². The minimum Gasteiger partial charge on any atom is -0.313 e. The monoisotopic (exact) mass is 379 g/mol. The Bertz CT molecular complexity index is 1210. The summed E-state index contributed by atoms with van der Waals surface area (Å²) in [6.07, 6.45) is 2.68. The Balaban J connectivity index is 1.65. The number of amides is 1. The highest BCUT2D eigenvalue weighted by Crippen LogP contribution is 2.25. The van der Waals surface area contributed by atoms with Gasteiger partial charge in [-0.1, -0.05) is 29.5 Å². The molecule has 27 heavy (non-hydrogen) atoms. The summed E-state index contributed by atoms with van der Waals surface area (Å²) in [7, 11) is 0. The zero-order chi connectivity index (χ0) is 18.8. The van der Waals surface area contributed by atoms with Gasteiger partial charge in [0.2, 0.25) is 0 Å². The molecule has 134 valence electrons. The lowest BCUT2D eigenvalue weighted by Gasteiger charge is -2.06. The number of H-pyrrole nitrogens is 1. The van der Waals surface area contributed by atoms with Crippen LogP contribution in [0.5, 0.6) is 0 Å². The molecule has 0 aliphatic rings. The molecule has 4 aromatic rings. The topological polar surface area (TPSA) is 110 Å². The van der Waals surface area contributed by atoms with E-state index in [-0.39, 0.29) is 12.1 Å². The van der Waals surface area contributed by atoms with Gasteiger partial charge in [-0.25, -0.2) is 9.78 Å². The van der Waals surface area contributed by atoms with E-state index in [2.05, 4.69) is 20.3 Å². The number of aromatic nitrogens is 4. The molecular weight excluding hydrogens is 366 g/mol. The fraction of sp³-hybridized carbons (Fsp3) is 0.0556. The van der Waals surface area contributed by atoms with Gasteiger partial charge in [0.05, 0.1) is 22.5 Å². The first-order valence-electron chi connectivity index (χ1n) is 8.01. The molecule has 0 spiro atoms. The highest BCUT2D eigenvalue weighted by atomic mass is 32.1.